The maximum Gasteiger partial charge on any atom is 0.189 e. The highest BCUT2D eigenvalue weighted by molar-refractivity contribution is 7.22. The minimum Gasteiger partial charge on any atom is -0.382 e. The van der Waals surface area contributed by atoms with Crippen LogP contribution in [0.4, 0.5) is 16.8 Å². The predicted molar refractivity (Wildman–Crippen MR) is 74.4 cm³/mol. The zero-order valence-corrected chi connectivity index (χ0v) is 10.7. The zero-order valence-electron chi connectivity index (χ0n) is 9.09. The van der Waals surface area contributed by atoms with E-state index in [2.05, 4.69) is 20.3 Å². The maximum absolute atomic E-state index is 5.93. The van der Waals surface area contributed by atoms with E-state index in [1.807, 2.05) is 18.2 Å². The Morgan fingerprint density at radius 3 is 2.94 bits per heavy atom. The third-order valence-corrected chi connectivity index (χ3v) is 3.41. The number of rotatable bonds is 2. The van der Waals surface area contributed by atoms with Gasteiger partial charge in [-0.25, -0.2) is 9.97 Å². The summed E-state index contributed by atoms with van der Waals surface area (Å²) in [6, 6.07) is 5.57. The molecule has 0 saturated carbocycles. The number of benzene rings is 1. The van der Waals surface area contributed by atoms with Crippen LogP contribution in [-0.4, -0.2) is 15.0 Å². The van der Waals surface area contributed by atoms with E-state index in [1.54, 1.807) is 6.20 Å². The van der Waals surface area contributed by atoms with E-state index in [0.717, 1.165) is 15.3 Å². The van der Waals surface area contributed by atoms with Gasteiger partial charge in [0.15, 0.2) is 10.9 Å². The summed E-state index contributed by atoms with van der Waals surface area (Å²) in [6.45, 7) is 0. The SMILES string of the molecule is Nc1cncc(Nc2nc3ccc(Cl)cc3s2)n1. The van der Waals surface area contributed by atoms with Gasteiger partial charge in [-0.3, -0.25) is 4.98 Å². The number of hydrogen-bond donors (Lipinski definition) is 2. The van der Waals surface area contributed by atoms with Crippen molar-refractivity contribution < 1.29 is 0 Å². The van der Waals surface area contributed by atoms with Crippen LogP contribution in [0.2, 0.25) is 5.02 Å². The van der Waals surface area contributed by atoms with Gasteiger partial charge in [0.25, 0.3) is 0 Å². The molecule has 0 fully saturated rings. The van der Waals surface area contributed by atoms with Gasteiger partial charge in [-0.2, -0.15) is 0 Å². The molecule has 0 aliphatic heterocycles. The van der Waals surface area contributed by atoms with Crippen molar-refractivity contribution >= 4 is 49.9 Å². The largest absolute Gasteiger partial charge is 0.382 e. The molecule has 5 nitrogen and oxygen atoms in total. The molecule has 3 aromatic rings. The molecule has 18 heavy (non-hydrogen) atoms. The number of aromatic nitrogens is 3. The summed E-state index contributed by atoms with van der Waals surface area (Å²) < 4.78 is 1.02. The van der Waals surface area contributed by atoms with Gasteiger partial charge in [0.1, 0.15) is 5.82 Å². The van der Waals surface area contributed by atoms with E-state index in [-0.39, 0.29) is 0 Å². The van der Waals surface area contributed by atoms with Crippen molar-refractivity contribution in [3.63, 3.8) is 0 Å². The number of thiazole rings is 1. The Morgan fingerprint density at radius 2 is 2.11 bits per heavy atom. The van der Waals surface area contributed by atoms with E-state index in [0.29, 0.717) is 16.7 Å². The summed E-state index contributed by atoms with van der Waals surface area (Å²) in [5, 5.41) is 4.49. The first-order chi connectivity index (χ1) is 8.70. The molecular formula is C11H8ClN5S. The molecule has 1 aromatic carbocycles. The molecule has 3 N–H and O–H groups in total. The highest BCUT2D eigenvalue weighted by Gasteiger charge is 2.05. The van der Waals surface area contributed by atoms with Gasteiger partial charge in [0, 0.05) is 5.02 Å². The van der Waals surface area contributed by atoms with Crippen LogP contribution in [0.25, 0.3) is 10.2 Å². The summed E-state index contributed by atoms with van der Waals surface area (Å²) in [7, 11) is 0. The smallest absolute Gasteiger partial charge is 0.189 e. The Kier molecular flexibility index (Phi) is 2.73. The average molecular weight is 278 g/mol. The van der Waals surface area contributed by atoms with Gasteiger partial charge in [0.2, 0.25) is 0 Å². The molecule has 0 aliphatic carbocycles. The van der Waals surface area contributed by atoms with E-state index in [9.17, 15) is 0 Å². The van der Waals surface area contributed by atoms with Crippen molar-refractivity contribution in [2.75, 3.05) is 11.1 Å². The fraction of sp³-hybridized carbons (Fsp3) is 0. The number of nitrogens with one attached hydrogen (secondary N) is 1. The van der Waals surface area contributed by atoms with E-state index < -0.39 is 0 Å². The number of halogens is 1. The van der Waals surface area contributed by atoms with Crippen LogP contribution in [0.3, 0.4) is 0 Å². The normalized spacial score (nSPS) is 10.7. The fourth-order valence-corrected chi connectivity index (χ4v) is 2.65. The van der Waals surface area contributed by atoms with Crippen LogP contribution in [-0.2, 0) is 0 Å². The lowest BCUT2D eigenvalue weighted by Crippen LogP contribution is -1.97. The summed E-state index contributed by atoms with van der Waals surface area (Å²) in [4.78, 5) is 12.5. The van der Waals surface area contributed by atoms with Gasteiger partial charge in [-0.05, 0) is 18.2 Å². The number of nitrogens with zero attached hydrogens (tertiary/aromatic N) is 3. The number of hydrogen-bond acceptors (Lipinski definition) is 6. The second-order valence-electron chi connectivity index (χ2n) is 3.59. The highest BCUT2D eigenvalue weighted by atomic mass is 35.5. The molecule has 0 unspecified atom stereocenters. The second-order valence-corrected chi connectivity index (χ2v) is 5.05. The average Bonchev–Trinajstić information content (AvgIpc) is 2.70. The van der Waals surface area contributed by atoms with Crippen LogP contribution < -0.4 is 11.1 Å². The van der Waals surface area contributed by atoms with E-state index in [4.69, 9.17) is 17.3 Å². The van der Waals surface area contributed by atoms with Gasteiger partial charge in [-0.1, -0.05) is 22.9 Å². The van der Waals surface area contributed by atoms with Crippen molar-refractivity contribution in [2.45, 2.75) is 0 Å². The fourth-order valence-electron chi connectivity index (χ4n) is 1.50. The van der Waals surface area contributed by atoms with Crippen LogP contribution >= 0.6 is 22.9 Å². The van der Waals surface area contributed by atoms with Gasteiger partial charge in [0.05, 0.1) is 22.6 Å². The van der Waals surface area contributed by atoms with E-state index >= 15 is 0 Å². The molecule has 3 rings (SSSR count). The quantitative estimate of drug-likeness (QED) is 0.753. The standard InChI is InChI=1S/C11H8ClN5S/c12-6-1-2-7-8(3-6)18-11(15-7)17-10-5-14-4-9(13)16-10/h1-5H,(H3,13,15,16,17). The van der Waals surface area contributed by atoms with Crippen molar-refractivity contribution in [3.8, 4) is 0 Å². The van der Waals surface area contributed by atoms with E-state index in [1.165, 1.54) is 17.5 Å². The first-order valence-corrected chi connectivity index (χ1v) is 6.31. The second kappa shape index (κ2) is 4.40. The van der Waals surface area contributed by atoms with Crippen molar-refractivity contribution in [1.82, 2.24) is 15.0 Å². The minimum atomic E-state index is 0.365. The Labute approximate surface area is 112 Å². The minimum absolute atomic E-state index is 0.365. The topological polar surface area (TPSA) is 76.7 Å². The van der Waals surface area contributed by atoms with Gasteiger partial charge >= 0.3 is 0 Å². The Balaban J connectivity index is 1.95. The first kappa shape index (κ1) is 11.2. The van der Waals surface area contributed by atoms with Crippen LogP contribution in [0.15, 0.2) is 30.6 Å². The van der Waals surface area contributed by atoms with Crippen molar-refractivity contribution in [3.05, 3.63) is 35.6 Å². The molecule has 0 radical (unpaired) electrons. The molecular weight excluding hydrogens is 270 g/mol. The molecule has 0 amide bonds. The predicted octanol–water partition coefficient (Wildman–Crippen LogP) is 3.07. The lowest BCUT2D eigenvalue weighted by atomic mass is 10.3. The molecule has 0 bridgehead atoms. The van der Waals surface area contributed by atoms with Crippen molar-refractivity contribution in [2.24, 2.45) is 0 Å². The first-order valence-electron chi connectivity index (χ1n) is 5.11. The highest BCUT2D eigenvalue weighted by Crippen LogP contribution is 2.29. The van der Waals surface area contributed by atoms with Gasteiger partial charge in [-0.15, -0.1) is 0 Å². The van der Waals surface area contributed by atoms with Crippen molar-refractivity contribution in [1.29, 1.82) is 0 Å². The summed E-state index contributed by atoms with van der Waals surface area (Å²) >= 11 is 7.43. The monoisotopic (exact) mass is 277 g/mol. The van der Waals surface area contributed by atoms with Gasteiger partial charge < -0.3 is 11.1 Å². The molecule has 2 aromatic heterocycles. The third-order valence-electron chi connectivity index (χ3n) is 2.24. The number of fused-ring (bicyclic) bond motifs is 1. The molecule has 0 spiro atoms. The Bertz CT molecular complexity index is 711. The Hall–Kier alpha value is -1.92. The lowest BCUT2D eigenvalue weighted by molar-refractivity contribution is 1.20. The third kappa shape index (κ3) is 2.20. The van der Waals surface area contributed by atoms with Crippen LogP contribution in [0, 0.1) is 0 Å². The molecule has 0 saturated heterocycles. The number of anilines is 3. The lowest BCUT2D eigenvalue weighted by Gasteiger charge is -2.00. The molecule has 0 atom stereocenters. The molecule has 0 aliphatic rings. The van der Waals surface area contributed by atoms with Crippen LogP contribution in [0.1, 0.15) is 0 Å². The number of nitrogens with two attached hydrogens (primary N) is 1. The van der Waals surface area contributed by atoms with Crippen LogP contribution in [0.5, 0.6) is 0 Å². The summed E-state index contributed by atoms with van der Waals surface area (Å²) in [5.74, 6) is 0.935. The Morgan fingerprint density at radius 1 is 1.22 bits per heavy atom. The molecule has 2 heterocycles. The molecule has 90 valence electrons. The summed E-state index contributed by atoms with van der Waals surface area (Å²) in [5.41, 5.74) is 6.45. The maximum atomic E-state index is 5.93. The summed E-state index contributed by atoms with van der Waals surface area (Å²) in [6.07, 6.45) is 3.08. The molecule has 7 heteroatoms. The zero-order chi connectivity index (χ0) is 12.5. The number of nitrogen functional groups attached to an aromatic ring is 1.